The van der Waals surface area contributed by atoms with Gasteiger partial charge in [0, 0.05) is 24.4 Å². The molecule has 0 radical (unpaired) electrons. The predicted molar refractivity (Wildman–Crippen MR) is 83.1 cm³/mol. The smallest absolute Gasteiger partial charge is 0.275 e. The summed E-state index contributed by atoms with van der Waals surface area (Å²) in [5, 5.41) is 2.56. The topological polar surface area (TPSA) is 73.3 Å². The number of amides is 1. The van der Waals surface area contributed by atoms with Crippen molar-refractivity contribution in [2.24, 2.45) is 0 Å². The third kappa shape index (κ3) is 5.30. The number of ether oxygens (including phenoxy) is 2. The van der Waals surface area contributed by atoms with E-state index in [2.05, 4.69) is 15.3 Å². The first-order valence-electron chi connectivity index (χ1n) is 7.20. The summed E-state index contributed by atoms with van der Waals surface area (Å²) in [6.07, 6.45) is 1.03. The monoisotopic (exact) mass is 319 g/mol. The highest BCUT2D eigenvalue weighted by atomic mass is 19.1. The maximum Gasteiger partial charge on any atom is 0.275 e. The Balaban J connectivity index is 2.04. The van der Waals surface area contributed by atoms with Crippen LogP contribution in [-0.4, -0.2) is 35.7 Å². The van der Waals surface area contributed by atoms with Crippen LogP contribution in [0.1, 0.15) is 23.1 Å². The van der Waals surface area contributed by atoms with Gasteiger partial charge in [-0.2, -0.15) is 0 Å². The summed E-state index contributed by atoms with van der Waals surface area (Å²) in [6, 6.07) is 5.87. The average molecular weight is 319 g/mol. The van der Waals surface area contributed by atoms with Crippen molar-refractivity contribution >= 4 is 11.7 Å². The quantitative estimate of drug-likeness (QED) is 0.794. The molecule has 2 aromatic heterocycles. The normalized spacial score (nSPS) is 10.4. The Kier molecular flexibility index (Phi) is 5.99. The molecular formula is C16H18FN3O3. The SMILES string of the molecule is CCOCCOc1cc(C)nc(C(=O)Nc2ccc(F)cn2)c1. The molecular weight excluding hydrogens is 301 g/mol. The molecule has 0 bridgehead atoms. The lowest BCUT2D eigenvalue weighted by atomic mass is 10.2. The Bertz CT molecular complexity index is 662. The lowest BCUT2D eigenvalue weighted by molar-refractivity contribution is 0.101. The van der Waals surface area contributed by atoms with Crippen molar-refractivity contribution in [3.63, 3.8) is 0 Å². The Labute approximate surface area is 133 Å². The van der Waals surface area contributed by atoms with Gasteiger partial charge in [0.15, 0.2) is 0 Å². The number of halogens is 1. The number of aromatic nitrogens is 2. The second kappa shape index (κ2) is 8.19. The van der Waals surface area contributed by atoms with E-state index in [4.69, 9.17) is 9.47 Å². The number of hydrogen-bond donors (Lipinski definition) is 1. The summed E-state index contributed by atoms with van der Waals surface area (Å²) in [4.78, 5) is 20.1. The zero-order valence-electron chi connectivity index (χ0n) is 13.0. The molecule has 7 heteroatoms. The number of anilines is 1. The average Bonchev–Trinajstić information content (AvgIpc) is 2.53. The van der Waals surface area contributed by atoms with Gasteiger partial charge in [0.1, 0.15) is 29.7 Å². The molecule has 6 nitrogen and oxygen atoms in total. The van der Waals surface area contributed by atoms with Gasteiger partial charge < -0.3 is 14.8 Å². The minimum absolute atomic E-state index is 0.197. The van der Waals surface area contributed by atoms with Crippen molar-refractivity contribution in [2.75, 3.05) is 25.1 Å². The van der Waals surface area contributed by atoms with Crippen LogP contribution in [0.5, 0.6) is 5.75 Å². The second-order valence-corrected chi connectivity index (χ2v) is 4.69. The van der Waals surface area contributed by atoms with Crippen LogP contribution in [0.3, 0.4) is 0 Å². The van der Waals surface area contributed by atoms with Crippen LogP contribution in [-0.2, 0) is 4.74 Å². The maximum absolute atomic E-state index is 12.8. The van der Waals surface area contributed by atoms with Crippen LogP contribution < -0.4 is 10.1 Å². The molecule has 2 heterocycles. The molecule has 0 aliphatic heterocycles. The van der Waals surface area contributed by atoms with Gasteiger partial charge in [0.25, 0.3) is 5.91 Å². The fourth-order valence-electron chi connectivity index (χ4n) is 1.83. The number of nitrogens with zero attached hydrogens (tertiary/aromatic N) is 2. The van der Waals surface area contributed by atoms with Crippen molar-refractivity contribution in [3.05, 3.63) is 47.7 Å². The number of aryl methyl sites for hydroxylation is 1. The highest BCUT2D eigenvalue weighted by Crippen LogP contribution is 2.15. The molecule has 122 valence electrons. The largest absolute Gasteiger partial charge is 0.491 e. The zero-order chi connectivity index (χ0) is 16.7. The van der Waals surface area contributed by atoms with E-state index in [1.807, 2.05) is 6.92 Å². The Hall–Kier alpha value is -2.54. The molecule has 0 fully saturated rings. The number of nitrogens with one attached hydrogen (secondary N) is 1. The summed E-state index contributed by atoms with van der Waals surface area (Å²) < 4.78 is 23.5. The van der Waals surface area contributed by atoms with E-state index >= 15 is 0 Å². The first-order chi connectivity index (χ1) is 11.1. The minimum atomic E-state index is -0.471. The number of hydrogen-bond acceptors (Lipinski definition) is 5. The fourth-order valence-corrected chi connectivity index (χ4v) is 1.83. The predicted octanol–water partition coefficient (Wildman–Crippen LogP) is 2.59. The highest BCUT2D eigenvalue weighted by molar-refractivity contribution is 6.02. The van der Waals surface area contributed by atoms with Gasteiger partial charge in [-0.1, -0.05) is 0 Å². The van der Waals surface area contributed by atoms with E-state index < -0.39 is 11.7 Å². The van der Waals surface area contributed by atoms with Crippen molar-refractivity contribution in [1.82, 2.24) is 9.97 Å². The molecule has 2 rings (SSSR count). The highest BCUT2D eigenvalue weighted by Gasteiger charge is 2.11. The minimum Gasteiger partial charge on any atom is -0.491 e. The van der Waals surface area contributed by atoms with Crippen LogP contribution in [0.25, 0.3) is 0 Å². The zero-order valence-corrected chi connectivity index (χ0v) is 13.0. The molecule has 0 atom stereocenters. The lowest BCUT2D eigenvalue weighted by Crippen LogP contribution is -2.15. The molecule has 0 aliphatic carbocycles. The van der Waals surface area contributed by atoms with Crippen LogP contribution in [0, 0.1) is 12.7 Å². The van der Waals surface area contributed by atoms with Gasteiger partial charge in [-0.05, 0) is 26.0 Å². The van der Waals surface area contributed by atoms with Gasteiger partial charge in [0.2, 0.25) is 0 Å². The molecule has 1 amide bonds. The molecule has 0 aliphatic rings. The van der Waals surface area contributed by atoms with Crippen LogP contribution in [0.4, 0.5) is 10.2 Å². The summed E-state index contributed by atoms with van der Waals surface area (Å²) >= 11 is 0. The Morgan fingerprint density at radius 1 is 1.30 bits per heavy atom. The third-order valence-corrected chi connectivity index (χ3v) is 2.83. The molecule has 0 saturated heterocycles. The summed E-state index contributed by atoms with van der Waals surface area (Å²) in [5.74, 6) is -0.128. The van der Waals surface area contributed by atoms with Crippen molar-refractivity contribution in [3.8, 4) is 5.75 Å². The summed E-state index contributed by atoms with van der Waals surface area (Å²) in [5.41, 5.74) is 0.846. The molecule has 0 unspecified atom stereocenters. The van der Waals surface area contributed by atoms with E-state index in [1.165, 1.54) is 18.2 Å². The number of carbonyl (C=O) groups excluding carboxylic acids is 1. The molecule has 2 aromatic rings. The van der Waals surface area contributed by atoms with Gasteiger partial charge in [-0.3, -0.25) is 4.79 Å². The molecule has 0 saturated carbocycles. The number of carbonyl (C=O) groups is 1. The summed E-state index contributed by atoms with van der Waals surface area (Å²) in [6.45, 7) is 5.15. The van der Waals surface area contributed by atoms with Gasteiger partial charge in [-0.15, -0.1) is 0 Å². The van der Waals surface area contributed by atoms with Gasteiger partial charge >= 0.3 is 0 Å². The van der Waals surface area contributed by atoms with Crippen LogP contribution in [0.15, 0.2) is 30.5 Å². The third-order valence-electron chi connectivity index (χ3n) is 2.83. The second-order valence-electron chi connectivity index (χ2n) is 4.69. The maximum atomic E-state index is 12.8. The van der Waals surface area contributed by atoms with Crippen LogP contribution >= 0.6 is 0 Å². The molecule has 1 N–H and O–H groups in total. The Morgan fingerprint density at radius 2 is 2.13 bits per heavy atom. The first-order valence-corrected chi connectivity index (χ1v) is 7.20. The van der Waals surface area contributed by atoms with Crippen molar-refractivity contribution in [2.45, 2.75) is 13.8 Å². The molecule has 0 aromatic carbocycles. The lowest BCUT2D eigenvalue weighted by Gasteiger charge is -2.09. The molecule has 23 heavy (non-hydrogen) atoms. The van der Waals surface area contributed by atoms with E-state index in [0.29, 0.717) is 31.3 Å². The van der Waals surface area contributed by atoms with Gasteiger partial charge in [-0.25, -0.2) is 14.4 Å². The standard InChI is InChI=1S/C16H18FN3O3/c1-3-22-6-7-23-13-8-11(2)19-14(9-13)16(21)20-15-5-4-12(17)10-18-15/h4-5,8-10H,3,6-7H2,1-2H3,(H,18,20,21). The molecule has 0 spiro atoms. The summed E-state index contributed by atoms with van der Waals surface area (Å²) in [7, 11) is 0. The van der Waals surface area contributed by atoms with Gasteiger partial charge in [0.05, 0.1) is 12.8 Å². The van der Waals surface area contributed by atoms with E-state index in [0.717, 1.165) is 6.20 Å². The van der Waals surface area contributed by atoms with E-state index in [-0.39, 0.29) is 11.5 Å². The van der Waals surface area contributed by atoms with E-state index in [9.17, 15) is 9.18 Å². The van der Waals surface area contributed by atoms with Crippen molar-refractivity contribution < 1.29 is 18.7 Å². The van der Waals surface area contributed by atoms with E-state index in [1.54, 1.807) is 13.0 Å². The fraction of sp³-hybridized carbons (Fsp3) is 0.312. The van der Waals surface area contributed by atoms with Crippen LogP contribution in [0.2, 0.25) is 0 Å². The number of pyridine rings is 2. The Morgan fingerprint density at radius 3 is 2.83 bits per heavy atom. The van der Waals surface area contributed by atoms with Crippen molar-refractivity contribution in [1.29, 1.82) is 0 Å². The number of rotatable bonds is 7. The first kappa shape index (κ1) is 16.8.